The average Bonchev–Trinajstić information content (AvgIpc) is 3.16. The first-order chi connectivity index (χ1) is 12.6. The zero-order valence-electron chi connectivity index (χ0n) is 14.8. The number of hydrogen-bond donors (Lipinski definition) is 0. The molecule has 0 spiro atoms. The number of halogens is 1. The third-order valence-corrected chi connectivity index (χ3v) is 5.27. The summed E-state index contributed by atoms with van der Waals surface area (Å²) in [4.78, 5) is 1.06. The molecule has 0 saturated carbocycles. The number of methoxy groups -OCH3 is 4. The molecular formula is C19H18BrNO4S. The molecule has 0 atom stereocenters. The summed E-state index contributed by atoms with van der Waals surface area (Å²) in [5.41, 5.74) is 2.66. The van der Waals surface area contributed by atoms with Crippen LogP contribution in [0.5, 0.6) is 23.0 Å². The molecule has 0 N–H and O–H groups in total. The minimum Gasteiger partial charge on any atom is -0.493 e. The van der Waals surface area contributed by atoms with Crippen LogP contribution in [0.1, 0.15) is 0 Å². The summed E-state index contributed by atoms with van der Waals surface area (Å²) >= 11 is 4.88. The first-order valence-corrected chi connectivity index (χ1v) is 9.29. The van der Waals surface area contributed by atoms with Gasteiger partial charge in [-0.05, 0) is 41.4 Å². The zero-order valence-corrected chi connectivity index (χ0v) is 17.2. The van der Waals surface area contributed by atoms with E-state index < -0.39 is 0 Å². The van der Waals surface area contributed by atoms with Gasteiger partial charge in [-0.3, -0.25) is 0 Å². The molecule has 3 aromatic rings. The molecular weight excluding hydrogens is 418 g/mol. The second-order valence-corrected chi connectivity index (χ2v) is 7.03. The van der Waals surface area contributed by atoms with Crippen LogP contribution in [0, 0.1) is 0 Å². The van der Waals surface area contributed by atoms with Gasteiger partial charge in [0.2, 0.25) is 11.5 Å². The SMILES string of the molecule is COc1cc(-c2cc(-c3ccc(Br)cc3)sn2)c(OC)c(OC)c1OC. The number of aromatic nitrogens is 1. The topological polar surface area (TPSA) is 49.8 Å². The number of benzene rings is 2. The van der Waals surface area contributed by atoms with Crippen LogP contribution in [0.25, 0.3) is 21.7 Å². The predicted molar refractivity (Wildman–Crippen MR) is 107 cm³/mol. The van der Waals surface area contributed by atoms with Crippen molar-refractivity contribution in [1.82, 2.24) is 4.37 Å². The summed E-state index contributed by atoms with van der Waals surface area (Å²) in [6, 6.07) is 12.0. The van der Waals surface area contributed by atoms with Gasteiger partial charge >= 0.3 is 0 Å². The molecule has 0 radical (unpaired) electrons. The van der Waals surface area contributed by atoms with E-state index in [1.807, 2.05) is 36.4 Å². The van der Waals surface area contributed by atoms with Crippen LogP contribution in [-0.4, -0.2) is 32.8 Å². The Hall–Kier alpha value is -2.25. The molecule has 0 saturated heterocycles. The van der Waals surface area contributed by atoms with Crippen molar-refractivity contribution in [3.63, 3.8) is 0 Å². The quantitative estimate of drug-likeness (QED) is 0.527. The molecule has 26 heavy (non-hydrogen) atoms. The molecule has 7 heteroatoms. The van der Waals surface area contributed by atoms with E-state index in [1.165, 1.54) is 11.5 Å². The summed E-state index contributed by atoms with van der Waals surface area (Å²) in [7, 11) is 6.31. The van der Waals surface area contributed by atoms with Gasteiger partial charge in [0.05, 0.1) is 44.6 Å². The summed E-state index contributed by atoms with van der Waals surface area (Å²) in [6.07, 6.45) is 0. The molecule has 0 fully saturated rings. The number of ether oxygens (including phenoxy) is 4. The van der Waals surface area contributed by atoms with E-state index in [4.69, 9.17) is 18.9 Å². The number of rotatable bonds is 6. The molecule has 0 aliphatic heterocycles. The third-order valence-electron chi connectivity index (χ3n) is 3.90. The van der Waals surface area contributed by atoms with Crippen molar-refractivity contribution in [3.05, 3.63) is 40.9 Å². The summed E-state index contributed by atoms with van der Waals surface area (Å²) in [5, 5.41) is 0. The van der Waals surface area contributed by atoms with Crippen LogP contribution in [0.4, 0.5) is 0 Å². The fourth-order valence-electron chi connectivity index (χ4n) is 2.68. The van der Waals surface area contributed by atoms with E-state index in [9.17, 15) is 0 Å². The Morgan fingerprint density at radius 1 is 0.808 bits per heavy atom. The second kappa shape index (κ2) is 7.97. The van der Waals surface area contributed by atoms with E-state index in [-0.39, 0.29) is 0 Å². The van der Waals surface area contributed by atoms with Crippen LogP contribution >= 0.6 is 27.5 Å². The predicted octanol–water partition coefficient (Wildman–Crippen LogP) is 5.27. The zero-order chi connectivity index (χ0) is 18.7. The van der Waals surface area contributed by atoms with E-state index in [0.29, 0.717) is 23.0 Å². The lowest BCUT2D eigenvalue weighted by atomic mass is 10.1. The lowest BCUT2D eigenvalue weighted by molar-refractivity contribution is 0.306. The Morgan fingerprint density at radius 3 is 2.04 bits per heavy atom. The lowest BCUT2D eigenvalue weighted by Gasteiger charge is -2.17. The third kappa shape index (κ3) is 3.37. The second-order valence-electron chi connectivity index (χ2n) is 5.31. The van der Waals surface area contributed by atoms with Crippen molar-refractivity contribution in [3.8, 4) is 44.7 Å². The lowest BCUT2D eigenvalue weighted by Crippen LogP contribution is -1.99. The Bertz CT molecular complexity index is 909. The molecule has 0 bridgehead atoms. The van der Waals surface area contributed by atoms with Crippen LogP contribution in [0.2, 0.25) is 0 Å². The van der Waals surface area contributed by atoms with Crippen LogP contribution in [0.15, 0.2) is 40.9 Å². The molecule has 0 aliphatic carbocycles. The van der Waals surface area contributed by atoms with Crippen molar-refractivity contribution >= 4 is 27.5 Å². The Balaban J connectivity index is 2.13. The van der Waals surface area contributed by atoms with Gasteiger partial charge in [0.15, 0.2) is 11.5 Å². The van der Waals surface area contributed by atoms with Gasteiger partial charge < -0.3 is 18.9 Å². The summed E-state index contributed by atoms with van der Waals surface area (Å²) in [6.45, 7) is 0. The molecule has 1 heterocycles. The molecule has 1 aromatic heterocycles. The van der Waals surface area contributed by atoms with Gasteiger partial charge in [-0.2, -0.15) is 4.37 Å². The van der Waals surface area contributed by atoms with Gasteiger partial charge in [-0.1, -0.05) is 28.1 Å². The molecule has 136 valence electrons. The summed E-state index contributed by atoms with van der Waals surface area (Å²) < 4.78 is 27.6. The minimum absolute atomic E-state index is 0.475. The Morgan fingerprint density at radius 2 is 1.46 bits per heavy atom. The van der Waals surface area contributed by atoms with Crippen LogP contribution in [0.3, 0.4) is 0 Å². The van der Waals surface area contributed by atoms with E-state index in [2.05, 4.69) is 20.3 Å². The van der Waals surface area contributed by atoms with Crippen LogP contribution in [-0.2, 0) is 0 Å². The maximum absolute atomic E-state index is 5.59. The summed E-state index contributed by atoms with van der Waals surface area (Å²) in [5.74, 6) is 2.07. The van der Waals surface area contributed by atoms with Gasteiger partial charge in [0, 0.05) is 4.47 Å². The normalized spacial score (nSPS) is 10.5. The highest BCUT2D eigenvalue weighted by Gasteiger charge is 2.23. The van der Waals surface area contributed by atoms with E-state index in [1.54, 1.807) is 28.4 Å². The van der Waals surface area contributed by atoms with Crippen LogP contribution < -0.4 is 18.9 Å². The van der Waals surface area contributed by atoms with E-state index >= 15 is 0 Å². The van der Waals surface area contributed by atoms with E-state index in [0.717, 1.165) is 26.2 Å². The maximum atomic E-state index is 5.59. The molecule has 0 unspecified atom stereocenters. The highest BCUT2D eigenvalue weighted by Crippen LogP contribution is 2.50. The van der Waals surface area contributed by atoms with Crippen molar-refractivity contribution in [2.75, 3.05) is 28.4 Å². The van der Waals surface area contributed by atoms with Gasteiger partial charge in [-0.25, -0.2) is 0 Å². The number of nitrogens with zero attached hydrogens (tertiary/aromatic N) is 1. The van der Waals surface area contributed by atoms with Gasteiger partial charge in [0.25, 0.3) is 0 Å². The first kappa shape index (κ1) is 18.5. The van der Waals surface area contributed by atoms with Crippen molar-refractivity contribution in [2.24, 2.45) is 0 Å². The Labute approximate surface area is 164 Å². The standard InChI is InChI=1S/C19H18BrNO4S/c1-22-15-9-13(17(23-2)19(25-4)18(15)24-3)14-10-16(26-21-14)11-5-7-12(20)8-6-11/h5-10H,1-4H3. The highest BCUT2D eigenvalue weighted by molar-refractivity contribution is 9.10. The molecule has 0 amide bonds. The largest absolute Gasteiger partial charge is 0.493 e. The van der Waals surface area contributed by atoms with Crippen molar-refractivity contribution in [2.45, 2.75) is 0 Å². The van der Waals surface area contributed by atoms with Gasteiger partial charge in [-0.15, -0.1) is 0 Å². The highest BCUT2D eigenvalue weighted by atomic mass is 79.9. The molecule has 0 aliphatic rings. The average molecular weight is 436 g/mol. The van der Waals surface area contributed by atoms with Crippen molar-refractivity contribution in [1.29, 1.82) is 0 Å². The number of hydrogen-bond acceptors (Lipinski definition) is 6. The smallest absolute Gasteiger partial charge is 0.207 e. The first-order valence-electron chi connectivity index (χ1n) is 7.72. The molecule has 2 aromatic carbocycles. The fraction of sp³-hybridized carbons (Fsp3) is 0.211. The van der Waals surface area contributed by atoms with Gasteiger partial charge in [0.1, 0.15) is 0 Å². The van der Waals surface area contributed by atoms with Crippen molar-refractivity contribution < 1.29 is 18.9 Å². The monoisotopic (exact) mass is 435 g/mol. The molecule has 3 rings (SSSR count). The maximum Gasteiger partial charge on any atom is 0.207 e. The fourth-order valence-corrected chi connectivity index (χ4v) is 3.69. The molecule has 5 nitrogen and oxygen atoms in total. The Kier molecular flexibility index (Phi) is 5.68. The minimum atomic E-state index is 0.475.